The van der Waals surface area contributed by atoms with Gasteiger partial charge >= 0.3 is 0 Å². The van der Waals surface area contributed by atoms with E-state index in [4.69, 9.17) is 23.2 Å². The van der Waals surface area contributed by atoms with E-state index >= 15 is 0 Å². The zero-order valence-electron chi connectivity index (χ0n) is 4.64. The Hall–Kier alpha value is -0.200. The van der Waals surface area contributed by atoms with Gasteiger partial charge in [-0.05, 0) is 11.6 Å². The van der Waals surface area contributed by atoms with Crippen molar-refractivity contribution in [2.75, 3.05) is 0 Å². The van der Waals surface area contributed by atoms with E-state index in [9.17, 15) is 0 Å². The minimum atomic E-state index is -0.417. The van der Waals surface area contributed by atoms with Crippen molar-refractivity contribution in [1.29, 1.82) is 0 Å². The first-order chi connectivity index (χ1) is 4.30. The molecule has 0 aliphatic heterocycles. The van der Waals surface area contributed by atoms with Crippen molar-refractivity contribution in [3.8, 4) is 0 Å². The first-order valence-corrected chi connectivity index (χ1v) is 3.42. The van der Waals surface area contributed by atoms with Gasteiger partial charge in [0.05, 0.1) is 0 Å². The SMILES string of the molecule is ClC(Cl)c1cc[c]cc1. The van der Waals surface area contributed by atoms with Crippen molar-refractivity contribution >= 4 is 23.2 Å². The normalized spacial score (nSPS) is 10.1. The van der Waals surface area contributed by atoms with Gasteiger partial charge in [0.1, 0.15) is 4.84 Å². The fourth-order valence-corrected chi connectivity index (χ4v) is 0.836. The van der Waals surface area contributed by atoms with E-state index in [0.29, 0.717) is 0 Å². The molecule has 0 heterocycles. The fraction of sp³-hybridized carbons (Fsp3) is 0.143. The highest BCUT2D eigenvalue weighted by molar-refractivity contribution is 6.44. The fourth-order valence-electron chi connectivity index (χ4n) is 0.545. The van der Waals surface area contributed by atoms with Crippen LogP contribution >= 0.6 is 23.2 Å². The minimum Gasteiger partial charge on any atom is -0.100 e. The van der Waals surface area contributed by atoms with Gasteiger partial charge in [-0.1, -0.05) is 24.3 Å². The summed E-state index contributed by atoms with van der Waals surface area (Å²) in [7, 11) is 0. The van der Waals surface area contributed by atoms with E-state index in [1.54, 1.807) is 12.1 Å². The molecule has 2 heteroatoms. The molecule has 1 aromatic rings. The molecule has 0 aliphatic rings. The summed E-state index contributed by atoms with van der Waals surface area (Å²) in [4.78, 5) is -0.417. The topological polar surface area (TPSA) is 0 Å². The van der Waals surface area contributed by atoms with Gasteiger partial charge in [-0.25, -0.2) is 0 Å². The lowest BCUT2D eigenvalue weighted by Crippen LogP contribution is -1.77. The molecule has 47 valence electrons. The van der Waals surface area contributed by atoms with Crippen LogP contribution in [0.25, 0.3) is 0 Å². The molecule has 0 fully saturated rings. The van der Waals surface area contributed by atoms with Crippen molar-refractivity contribution in [2.24, 2.45) is 0 Å². The highest BCUT2D eigenvalue weighted by Crippen LogP contribution is 2.23. The molecule has 0 nitrogen and oxygen atoms in total. The van der Waals surface area contributed by atoms with Gasteiger partial charge in [-0.3, -0.25) is 0 Å². The highest BCUT2D eigenvalue weighted by Gasteiger charge is 1.98. The molecule has 0 bridgehead atoms. The molecule has 0 N–H and O–H groups in total. The summed E-state index contributed by atoms with van der Waals surface area (Å²) in [6, 6.07) is 10.1. The van der Waals surface area contributed by atoms with E-state index in [1.807, 2.05) is 12.1 Å². The Kier molecular flexibility index (Phi) is 2.38. The Bertz CT molecular complexity index is 170. The molecule has 1 rings (SSSR count). The lowest BCUT2D eigenvalue weighted by molar-refractivity contribution is 1.35. The predicted octanol–water partition coefficient (Wildman–Crippen LogP) is 2.96. The van der Waals surface area contributed by atoms with E-state index in [2.05, 4.69) is 6.07 Å². The number of rotatable bonds is 1. The zero-order valence-corrected chi connectivity index (χ0v) is 6.15. The molecule has 9 heavy (non-hydrogen) atoms. The Morgan fingerprint density at radius 2 is 1.78 bits per heavy atom. The minimum absolute atomic E-state index is 0.417. The van der Waals surface area contributed by atoms with Gasteiger partial charge < -0.3 is 0 Å². The van der Waals surface area contributed by atoms with E-state index in [-0.39, 0.29) is 0 Å². The average Bonchev–Trinajstić information content (AvgIpc) is 1.90. The molecule has 1 aromatic carbocycles. The second kappa shape index (κ2) is 3.09. The van der Waals surface area contributed by atoms with Crippen LogP contribution in [0, 0.1) is 6.07 Å². The van der Waals surface area contributed by atoms with Crippen LogP contribution in [0.5, 0.6) is 0 Å². The Morgan fingerprint density at radius 1 is 1.22 bits per heavy atom. The molecular formula is C7H5Cl2. The molecule has 0 unspecified atom stereocenters. The number of hydrogen-bond acceptors (Lipinski definition) is 0. The number of alkyl halides is 2. The third-order valence-electron chi connectivity index (χ3n) is 0.996. The number of benzene rings is 1. The molecule has 0 spiro atoms. The van der Waals surface area contributed by atoms with Gasteiger partial charge in [0.15, 0.2) is 0 Å². The van der Waals surface area contributed by atoms with E-state index < -0.39 is 4.84 Å². The lowest BCUT2D eigenvalue weighted by atomic mass is 10.2. The summed E-state index contributed by atoms with van der Waals surface area (Å²) >= 11 is 11.1. The van der Waals surface area contributed by atoms with Crippen LogP contribution < -0.4 is 0 Å². The number of halogens is 2. The van der Waals surface area contributed by atoms with Crippen LogP contribution in [-0.2, 0) is 0 Å². The van der Waals surface area contributed by atoms with Crippen molar-refractivity contribution in [2.45, 2.75) is 4.84 Å². The molecule has 1 radical (unpaired) electrons. The summed E-state index contributed by atoms with van der Waals surface area (Å²) in [5.74, 6) is 0. The van der Waals surface area contributed by atoms with Crippen LogP contribution in [0.3, 0.4) is 0 Å². The monoisotopic (exact) mass is 159 g/mol. The Balaban J connectivity index is 2.85. The van der Waals surface area contributed by atoms with Crippen LogP contribution in [0.2, 0.25) is 0 Å². The van der Waals surface area contributed by atoms with E-state index in [0.717, 1.165) is 5.56 Å². The summed E-state index contributed by atoms with van der Waals surface area (Å²) in [6.45, 7) is 0. The number of hydrogen-bond donors (Lipinski definition) is 0. The predicted molar refractivity (Wildman–Crippen MR) is 39.7 cm³/mol. The second-order valence-electron chi connectivity index (χ2n) is 1.63. The highest BCUT2D eigenvalue weighted by atomic mass is 35.5. The van der Waals surface area contributed by atoms with Crippen molar-refractivity contribution in [1.82, 2.24) is 0 Å². The first-order valence-electron chi connectivity index (χ1n) is 2.55. The quantitative estimate of drug-likeness (QED) is 0.554. The van der Waals surface area contributed by atoms with Crippen LogP contribution in [0.1, 0.15) is 10.4 Å². The summed E-state index contributed by atoms with van der Waals surface area (Å²) in [6.07, 6.45) is 0. The maximum absolute atomic E-state index is 5.55. The zero-order chi connectivity index (χ0) is 6.69. The van der Waals surface area contributed by atoms with Crippen LogP contribution in [0.4, 0.5) is 0 Å². The van der Waals surface area contributed by atoms with E-state index in [1.165, 1.54) is 0 Å². The van der Waals surface area contributed by atoms with Gasteiger partial charge in [-0.15, -0.1) is 23.2 Å². The molecule has 0 saturated carbocycles. The Labute approximate surface area is 64.4 Å². The van der Waals surface area contributed by atoms with Gasteiger partial charge in [-0.2, -0.15) is 0 Å². The van der Waals surface area contributed by atoms with Gasteiger partial charge in [0.2, 0.25) is 0 Å². The molecule has 0 aromatic heterocycles. The third-order valence-corrected chi connectivity index (χ3v) is 1.50. The van der Waals surface area contributed by atoms with Gasteiger partial charge in [0.25, 0.3) is 0 Å². The second-order valence-corrected chi connectivity index (χ2v) is 2.73. The maximum atomic E-state index is 5.55. The van der Waals surface area contributed by atoms with Crippen molar-refractivity contribution in [3.05, 3.63) is 35.9 Å². The van der Waals surface area contributed by atoms with Gasteiger partial charge in [0, 0.05) is 0 Å². The molecule has 0 atom stereocenters. The van der Waals surface area contributed by atoms with Crippen molar-refractivity contribution < 1.29 is 0 Å². The molecular weight excluding hydrogens is 155 g/mol. The lowest BCUT2D eigenvalue weighted by Gasteiger charge is -1.96. The summed E-state index contributed by atoms with van der Waals surface area (Å²) in [5.41, 5.74) is 0.914. The average molecular weight is 160 g/mol. The van der Waals surface area contributed by atoms with Crippen LogP contribution in [0.15, 0.2) is 24.3 Å². The first kappa shape index (κ1) is 6.91. The summed E-state index contributed by atoms with van der Waals surface area (Å²) in [5, 5.41) is 0. The van der Waals surface area contributed by atoms with Crippen LogP contribution in [-0.4, -0.2) is 0 Å². The third kappa shape index (κ3) is 1.88. The largest absolute Gasteiger partial charge is 0.132 e. The molecule has 0 saturated heterocycles. The Morgan fingerprint density at radius 3 is 2.11 bits per heavy atom. The maximum Gasteiger partial charge on any atom is 0.132 e. The summed E-state index contributed by atoms with van der Waals surface area (Å²) < 4.78 is 0. The molecule has 0 aliphatic carbocycles. The smallest absolute Gasteiger partial charge is 0.100 e. The standard InChI is InChI=1S/C7H5Cl2/c8-7(9)6-4-2-1-3-5-6/h2-5,7H. The van der Waals surface area contributed by atoms with Crippen molar-refractivity contribution in [3.63, 3.8) is 0 Å². The molecule has 0 amide bonds.